The van der Waals surface area contributed by atoms with Gasteiger partial charge in [-0.2, -0.15) is 0 Å². The summed E-state index contributed by atoms with van der Waals surface area (Å²) < 4.78 is 4.92. The van der Waals surface area contributed by atoms with Crippen molar-refractivity contribution in [2.75, 3.05) is 13.2 Å². The highest BCUT2D eigenvalue weighted by Crippen LogP contribution is 1.99. The lowest BCUT2D eigenvalue weighted by atomic mass is 10.3. The van der Waals surface area contributed by atoms with E-state index in [1.165, 1.54) is 0 Å². The molecule has 0 fully saturated rings. The van der Waals surface area contributed by atoms with Crippen LogP contribution in [0.1, 0.15) is 25.7 Å². The van der Waals surface area contributed by atoms with E-state index in [1.54, 1.807) is 0 Å². The van der Waals surface area contributed by atoms with E-state index in [0.717, 1.165) is 0 Å². The molecule has 0 saturated carbocycles. The van der Waals surface area contributed by atoms with Gasteiger partial charge in [0.15, 0.2) is 6.29 Å². The van der Waals surface area contributed by atoms with Crippen molar-refractivity contribution < 1.29 is 24.6 Å². The Morgan fingerprint density at radius 1 is 1.40 bits per heavy atom. The van der Waals surface area contributed by atoms with Gasteiger partial charge in [-0.05, 0) is 12.8 Å². The molecule has 0 bridgehead atoms. The highest BCUT2D eigenvalue weighted by molar-refractivity contribution is 5.49. The minimum absolute atomic E-state index is 0.0286. The number of carbonyl (C=O) groups excluding carboxylic acids is 1. The normalized spacial score (nSPS) is 12.1. The SMILES string of the molecule is O=CCCC(O)OCCCCO[N+](=O)[O-]. The summed E-state index contributed by atoms with van der Waals surface area (Å²) in [5.41, 5.74) is 0. The van der Waals surface area contributed by atoms with Crippen LogP contribution in [0.4, 0.5) is 0 Å². The molecule has 88 valence electrons. The molecule has 0 aromatic carbocycles. The first-order valence-corrected chi connectivity index (χ1v) is 4.67. The Labute approximate surface area is 87.1 Å². The molecule has 0 aliphatic carbocycles. The highest BCUT2D eigenvalue weighted by Gasteiger charge is 2.02. The fraction of sp³-hybridized carbons (Fsp3) is 0.875. The van der Waals surface area contributed by atoms with Gasteiger partial charge in [-0.15, -0.1) is 10.1 Å². The maximum absolute atomic E-state index is 9.94. The van der Waals surface area contributed by atoms with Gasteiger partial charge in [-0.25, -0.2) is 0 Å². The van der Waals surface area contributed by atoms with E-state index in [1.807, 2.05) is 0 Å². The highest BCUT2D eigenvalue weighted by atomic mass is 16.9. The molecule has 0 aliphatic heterocycles. The molecular weight excluding hydrogens is 206 g/mol. The van der Waals surface area contributed by atoms with E-state index in [2.05, 4.69) is 4.84 Å². The number of unbranched alkanes of at least 4 members (excludes halogenated alkanes) is 1. The van der Waals surface area contributed by atoms with Crippen LogP contribution in [0.3, 0.4) is 0 Å². The van der Waals surface area contributed by atoms with E-state index in [0.29, 0.717) is 25.7 Å². The Morgan fingerprint density at radius 2 is 2.07 bits per heavy atom. The predicted octanol–water partition coefficient (Wildman–Crippen LogP) is 0.289. The molecule has 7 heteroatoms. The average Bonchev–Trinajstić information content (AvgIpc) is 2.19. The summed E-state index contributed by atoms with van der Waals surface area (Å²) in [5, 5.41) is 18.0. The number of nitrogens with zero attached hydrogens (tertiary/aromatic N) is 1. The van der Waals surface area contributed by atoms with Crippen LogP contribution < -0.4 is 0 Å². The molecule has 7 nitrogen and oxygen atoms in total. The number of aldehydes is 1. The summed E-state index contributed by atoms with van der Waals surface area (Å²) in [5.74, 6) is 0. The number of carbonyl (C=O) groups is 1. The third-order valence-electron chi connectivity index (χ3n) is 1.58. The molecule has 0 rings (SSSR count). The van der Waals surface area contributed by atoms with Crippen molar-refractivity contribution in [2.45, 2.75) is 32.0 Å². The maximum Gasteiger partial charge on any atom is 0.294 e. The Balaban J connectivity index is 3.15. The zero-order chi connectivity index (χ0) is 11.5. The van der Waals surface area contributed by atoms with Crippen LogP contribution in [0.5, 0.6) is 0 Å². The number of hydrogen-bond acceptors (Lipinski definition) is 6. The largest absolute Gasteiger partial charge is 0.368 e. The Morgan fingerprint density at radius 3 is 2.67 bits per heavy atom. The van der Waals surface area contributed by atoms with Crippen molar-refractivity contribution in [2.24, 2.45) is 0 Å². The van der Waals surface area contributed by atoms with Crippen LogP contribution in [0.25, 0.3) is 0 Å². The summed E-state index contributed by atoms with van der Waals surface area (Å²) in [6, 6.07) is 0. The molecule has 0 amide bonds. The van der Waals surface area contributed by atoms with Crippen molar-refractivity contribution in [1.82, 2.24) is 0 Å². The van der Waals surface area contributed by atoms with Gasteiger partial charge < -0.3 is 19.5 Å². The molecule has 0 radical (unpaired) electrons. The molecule has 1 unspecified atom stereocenters. The number of aliphatic hydroxyl groups is 1. The fourth-order valence-corrected chi connectivity index (χ4v) is 0.857. The third-order valence-corrected chi connectivity index (χ3v) is 1.58. The minimum atomic E-state index is -0.938. The van der Waals surface area contributed by atoms with Crippen LogP contribution in [-0.4, -0.2) is 36.0 Å². The van der Waals surface area contributed by atoms with Gasteiger partial charge in [-0.1, -0.05) is 0 Å². The lowest BCUT2D eigenvalue weighted by Crippen LogP contribution is -2.13. The molecule has 1 atom stereocenters. The second kappa shape index (κ2) is 9.35. The van der Waals surface area contributed by atoms with Gasteiger partial charge in [0.05, 0.1) is 6.61 Å². The molecular formula is C8H15NO6. The van der Waals surface area contributed by atoms with Crippen molar-refractivity contribution in [3.8, 4) is 0 Å². The second-order valence-electron chi connectivity index (χ2n) is 2.83. The van der Waals surface area contributed by atoms with E-state index in [4.69, 9.17) is 9.84 Å². The van der Waals surface area contributed by atoms with E-state index < -0.39 is 11.4 Å². The first-order chi connectivity index (χ1) is 7.16. The summed E-state index contributed by atoms with van der Waals surface area (Å²) in [7, 11) is 0. The number of hydrogen-bond donors (Lipinski definition) is 1. The quantitative estimate of drug-likeness (QED) is 0.187. The van der Waals surface area contributed by atoms with Crippen LogP contribution in [0, 0.1) is 10.1 Å². The lowest BCUT2D eigenvalue weighted by Gasteiger charge is -2.09. The number of ether oxygens (including phenoxy) is 1. The van der Waals surface area contributed by atoms with Crippen LogP contribution >= 0.6 is 0 Å². The molecule has 1 N–H and O–H groups in total. The Bertz CT molecular complexity index is 186. The van der Waals surface area contributed by atoms with Crippen molar-refractivity contribution in [1.29, 1.82) is 0 Å². The summed E-state index contributed by atoms with van der Waals surface area (Å²) in [4.78, 5) is 23.8. The van der Waals surface area contributed by atoms with Crippen molar-refractivity contribution in [3.05, 3.63) is 10.1 Å². The minimum Gasteiger partial charge on any atom is -0.368 e. The molecule has 0 heterocycles. The molecule has 0 aromatic heterocycles. The Hall–Kier alpha value is -1.21. The van der Waals surface area contributed by atoms with Crippen LogP contribution in [0.2, 0.25) is 0 Å². The lowest BCUT2D eigenvalue weighted by molar-refractivity contribution is -0.757. The fourth-order valence-electron chi connectivity index (χ4n) is 0.857. The molecule has 0 spiro atoms. The van der Waals surface area contributed by atoms with Gasteiger partial charge in [0, 0.05) is 19.4 Å². The van der Waals surface area contributed by atoms with Gasteiger partial charge in [0.2, 0.25) is 0 Å². The molecule has 0 saturated heterocycles. The van der Waals surface area contributed by atoms with E-state index >= 15 is 0 Å². The van der Waals surface area contributed by atoms with Crippen molar-refractivity contribution in [3.63, 3.8) is 0 Å². The number of rotatable bonds is 10. The van der Waals surface area contributed by atoms with E-state index in [9.17, 15) is 14.9 Å². The van der Waals surface area contributed by atoms with Crippen LogP contribution in [-0.2, 0) is 14.4 Å². The van der Waals surface area contributed by atoms with Gasteiger partial charge in [-0.3, -0.25) is 0 Å². The first kappa shape index (κ1) is 13.8. The van der Waals surface area contributed by atoms with Gasteiger partial charge in [0.25, 0.3) is 5.09 Å². The monoisotopic (exact) mass is 221 g/mol. The average molecular weight is 221 g/mol. The molecule has 0 aliphatic rings. The second-order valence-corrected chi connectivity index (χ2v) is 2.83. The van der Waals surface area contributed by atoms with Gasteiger partial charge in [0.1, 0.15) is 6.29 Å². The predicted molar refractivity (Wildman–Crippen MR) is 49.4 cm³/mol. The topological polar surface area (TPSA) is 98.9 Å². The zero-order valence-electron chi connectivity index (χ0n) is 8.33. The third kappa shape index (κ3) is 10.7. The number of aliphatic hydroxyl groups excluding tert-OH is 1. The smallest absolute Gasteiger partial charge is 0.294 e. The standard InChI is InChI=1S/C8H15NO6/c10-5-3-4-8(11)14-6-1-2-7-15-9(12)13/h5,8,11H,1-4,6-7H2. The summed E-state index contributed by atoms with van der Waals surface area (Å²) in [6.45, 7) is 0.321. The van der Waals surface area contributed by atoms with Gasteiger partial charge >= 0.3 is 0 Å². The first-order valence-electron chi connectivity index (χ1n) is 4.67. The summed E-state index contributed by atoms with van der Waals surface area (Å²) >= 11 is 0. The van der Waals surface area contributed by atoms with E-state index in [-0.39, 0.29) is 19.4 Å². The zero-order valence-corrected chi connectivity index (χ0v) is 8.33. The Kier molecular flexibility index (Phi) is 8.59. The summed E-state index contributed by atoms with van der Waals surface area (Å²) in [6.07, 6.45) is 1.34. The van der Waals surface area contributed by atoms with Crippen molar-refractivity contribution >= 4 is 6.29 Å². The van der Waals surface area contributed by atoms with Crippen LogP contribution in [0.15, 0.2) is 0 Å². The molecule has 15 heavy (non-hydrogen) atoms. The molecule has 0 aromatic rings. The maximum atomic E-state index is 9.94.